The molecule has 3 nitrogen and oxygen atoms in total. The molecular weight excluding hydrogens is 246 g/mol. The maximum Gasteiger partial charge on any atom is 0.220 e. The van der Waals surface area contributed by atoms with Crippen LogP contribution in [0, 0.1) is 6.92 Å². The number of rotatable bonds is 8. The Hall–Kier alpha value is -0.870. The normalized spacial score (nSPS) is 12.4. The lowest BCUT2D eigenvalue weighted by Gasteiger charge is -2.12. The van der Waals surface area contributed by atoms with Crippen LogP contribution in [0.25, 0.3) is 0 Å². The monoisotopic (exact) mass is 269 g/mol. The van der Waals surface area contributed by atoms with Gasteiger partial charge in [-0.3, -0.25) is 4.79 Å². The Bertz CT molecular complexity index is 362. The summed E-state index contributed by atoms with van der Waals surface area (Å²) in [5.74, 6) is 0.145. The molecular formula is C14H23NO2S. The van der Waals surface area contributed by atoms with E-state index in [0.29, 0.717) is 6.42 Å². The van der Waals surface area contributed by atoms with Crippen molar-refractivity contribution < 1.29 is 9.53 Å². The van der Waals surface area contributed by atoms with Crippen LogP contribution in [0.4, 0.5) is 0 Å². The van der Waals surface area contributed by atoms with Gasteiger partial charge in [0.15, 0.2) is 0 Å². The molecule has 0 aliphatic heterocycles. The minimum Gasteiger partial charge on any atom is -0.385 e. The number of nitrogens with one attached hydrogen (secondary N) is 1. The third kappa shape index (κ3) is 6.17. The topological polar surface area (TPSA) is 38.3 Å². The molecule has 0 spiro atoms. The molecule has 0 aromatic carbocycles. The summed E-state index contributed by atoms with van der Waals surface area (Å²) in [5, 5.41) is 3.04. The predicted molar refractivity (Wildman–Crippen MR) is 76.1 cm³/mol. The number of carbonyl (C=O) groups is 1. The standard InChI is InChI=1S/C14H23NO2S/c1-11(10-13-8-7-12(2)18-13)15-14(16)6-4-5-9-17-3/h7-8,11H,4-6,9-10H2,1-3H3,(H,15,16). The molecule has 1 rings (SSSR count). The summed E-state index contributed by atoms with van der Waals surface area (Å²) in [6, 6.07) is 4.47. The Balaban J connectivity index is 2.19. The van der Waals surface area contributed by atoms with Crippen molar-refractivity contribution in [2.75, 3.05) is 13.7 Å². The van der Waals surface area contributed by atoms with Gasteiger partial charge in [0.05, 0.1) is 0 Å². The van der Waals surface area contributed by atoms with E-state index in [-0.39, 0.29) is 11.9 Å². The average Bonchev–Trinajstić information content (AvgIpc) is 2.70. The largest absolute Gasteiger partial charge is 0.385 e. The maximum absolute atomic E-state index is 11.7. The molecule has 0 bridgehead atoms. The van der Waals surface area contributed by atoms with E-state index in [4.69, 9.17) is 4.74 Å². The first-order valence-corrected chi connectivity index (χ1v) is 7.27. The summed E-state index contributed by atoms with van der Waals surface area (Å²) in [5.41, 5.74) is 0. The zero-order valence-corrected chi connectivity index (χ0v) is 12.3. The van der Waals surface area contributed by atoms with E-state index >= 15 is 0 Å². The molecule has 0 radical (unpaired) electrons. The number of hydrogen-bond donors (Lipinski definition) is 1. The maximum atomic E-state index is 11.7. The molecule has 4 heteroatoms. The quantitative estimate of drug-likeness (QED) is 0.737. The van der Waals surface area contributed by atoms with Gasteiger partial charge in [-0.1, -0.05) is 0 Å². The lowest BCUT2D eigenvalue weighted by molar-refractivity contribution is -0.121. The van der Waals surface area contributed by atoms with Gasteiger partial charge in [0.1, 0.15) is 0 Å². The zero-order valence-electron chi connectivity index (χ0n) is 11.5. The van der Waals surface area contributed by atoms with Gasteiger partial charge in [-0.25, -0.2) is 0 Å². The van der Waals surface area contributed by atoms with Gasteiger partial charge in [-0.15, -0.1) is 11.3 Å². The second kappa shape index (κ2) is 8.27. The highest BCUT2D eigenvalue weighted by Crippen LogP contribution is 2.16. The van der Waals surface area contributed by atoms with Crippen molar-refractivity contribution in [3.8, 4) is 0 Å². The van der Waals surface area contributed by atoms with Crippen molar-refractivity contribution >= 4 is 17.2 Å². The second-order valence-corrected chi connectivity index (χ2v) is 6.01. The highest BCUT2D eigenvalue weighted by molar-refractivity contribution is 7.11. The first-order chi connectivity index (χ1) is 8.61. The summed E-state index contributed by atoms with van der Waals surface area (Å²) in [4.78, 5) is 14.3. The molecule has 0 saturated carbocycles. The molecule has 1 heterocycles. The van der Waals surface area contributed by atoms with Crippen LogP contribution >= 0.6 is 11.3 Å². The van der Waals surface area contributed by atoms with Crippen LogP contribution < -0.4 is 5.32 Å². The fourth-order valence-electron chi connectivity index (χ4n) is 1.83. The number of ether oxygens (including phenoxy) is 1. The molecule has 0 fully saturated rings. The molecule has 0 aliphatic rings. The molecule has 1 aromatic rings. The molecule has 18 heavy (non-hydrogen) atoms. The third-order valence-electron chi connectivity index (χ3n) is 2.71. The molecule has 0 aliphatic carbocycles. The van der Waals surface area contributed by atoms with Crippen LogP contribution in [0.2, 0.25) is 0 Å². The zero-order chi connectivity index (χ0) is 13.4. The van der Waals surface area contributed by atoms with Crippen LogP contribution in [0.1, 0.15) is 35.9 Å². The van der Waals surface area contributed by atoms with E-state index < -0.39 is 0 Å². The number of methoxy groups -OCH3 is 1. The van der Waals surface area contributed by atoms with Gasteiger partial charge >= 0.3 is 0 Å². The molecule has 1 amide bonds. The number of thiophene rings is 1. The minimum atomic E-state index is 0.145. The first-order valence-electron chi connectivity index (χ1n) is 6.45. The average molecular weight is 269 g/mol. The smallest absolute Gasteiger partial charge is 0.220 e. The van der Waals surface area contributed by atoms with Crippen molar-refractivity contribution in [2.45, 2.75) is 45.6 Å². The number of hydrogen-bond acceptors (Lipinski definition) is 3. The Morgan fingerprint density at radius 2 is 2.22 bits per heavy atom. The van der Waals surface area contributed by atoms with E-state index in [0.717, 1.165) is 25.9 Å². The van der Waals surface area contributed by atoms with Gasteiger partial charge in [0.2, 0.25) is 5.91 Å². The molecule has 1 N–H and O–H groups in total. The van der Waals surface area contributed by atoms with Gasteiger partial charge in [-0.2, -0.15) is 0 Å². The summed E-state index contributed by atoms with van der Waals surface area (Å²) >= 11 is 1.80. The van der Waals surface area contributed by atoms with Gasteiger partial charge < -0.3 is 10.1 Å². The predicted octanol–water partition coefficient (Wildman–Crippen LogP) is 2.92. The molecule has 0 saturated heterocycles. The summed E-state index contributed by atoms with van der Waals surface area (Å²) < 4.78 is 4.96. The van der Waals surface area contributed by atoms with Gasteiger partial charge in [-0.05, 0) is 38.8 Å². The fourth-order valence-corrected chi connectivity index (χ4v) is 2.85. The Kier molecular flexibility index (Phi) is 6.98. The van der Waals surface area contributed by atoms with Crippen LogP contribution in [0.3, 0.4) is 0 Å². The third-order valence-corrected chi connectivity index (χ3v) is 3.74. The van der Waals surface area contributed by atoms with Gasteiger partial charge in [0, 0.05) is 42.4 Å². The number of carbonyl (C=O) groups excluding carboxylic acids is 1. The van der Waals surface area contributed by atoms with E-state index in [2.05, 4.69) is 31.3 Å². The van der Waals surface area contributed by atoms with Crippen LogP contribution in [0.15, 0.2) is 12.1 Å². The van der Waals surface area contributed by atoms with E-state index in [9.17, 15) is 4.79 Å². The van der Waals surface area contributed by atoms with Crippen molar-refractivity contribution in [3.63, 3.8) is 0 Å². The first kappa shape index (κ1) is 15.2. The van der Waals surface area contributed by atoms with Crippen LogP contribution in [-0.4, -0.2) is 25.7 Å². The highest BCUT2D eigenvalue weighted by Gasteiger charge is 2.08. The van der Waals surface area contributed by atoms with Gasteiger partial charge in [0.25, 0.3) is 0 Å². The number of aryl methyl sites for hydroxylation is 1. The molecule has 102 valence electrons. The summed E-state index contributed by atoms with van der Waals surface area (Å²) in [6.45, 7) is 4.90. The minimum absolute atomic E-state index is 0.145. The molecule has 1 unspecified atom stereocenters. The molecule has 1 atom stereocenters. The van der Waals surface area contributed by atoms with Crippen LogP contribution in [0.5, 0.6) is 0 Å². The number of amides is 1. The Labute approximate surface area is 114 Å². The highest BCUT2D eigenvalue weighted by atomic mass is 32.1. The fraction of sp³-hybridized carbons (Fsp3) is 0.643. The Morgan fingerprint density at radius 1 is 1.44 bits per heavy atom. The Morgan fingerprint density at radius 3 is 2.83 bits per heavy atom. The van der Waals surface area contributed by atoms with Crippen molar-refractivity contribution in [2.24, 2.45) is 0 Å². The van der Waals surface area contributed by atoms with E-state index in [1.165, 1.54) is 9.75 Å². The van der Waals surface area contributed by atoms with Crippen molar-refractivity contribution in [1.29, 1.82) is 0 Å². The number of unbranched alkanes of at least 4 members (excludes halogenated alkanes) is 1. The van der Waals surface area contributed by atoms with Crippen molar-refractivity contribution in [1.82, 2.24) is 5.32 Å². The lowest BCUT2D eigenvalue weighted by atomic mass is 10.2. The summed E-state index contributed by atoms with van der Waals surface area (Å²) in [7, 11) is 1.69. The molecule has 1 aromatic heterocycles. The van der Waals surface area contributed by atoms with Crippen LogP contribution in [-0.2, 0) is 16.0 Å². The SMILES string of the molecule is COCCCCC(=O)NC(C)Cc1ccc(C)s1. The second-order valence-electron chi connectivity index (χ2n) is 4.63. The lowest BCUT2D eigenvalue weighted by Crippen LogP contribution is -2.33. The van der Waals surface area contributed by atoms with Crippen molar-refractivity contribution in [3.05, 3.63) is 21.9 Å². The summed E-state index contributed by atoms with van der Waals surface area (Å²) in [6.07, 6.45) is 3.35. The van der Waals surface area contributed by atoms with E-state index in [1.54, 1.807) is 18.4 Å². The van der Waals surface area contributed by atoms with E-state index in [1.807, 2.05) is 0 Å².